The average Bonchev–Trinajstić information content (AvgIpc) is 3.39. The zero-order valence-corrected chi connectivity index (χ0v) is 28.6. The van der Waals surface area contributed by atoms with Crippen molar-refractivity contribution in [1.29, 1.82) is 0 Å². The Hall–Kier alpha value is -4.75. The third-order valence-corrected chi connectivity index (χ3v) is 12.6. The number of hydrogen-bond acceptors (Lipinski definition) is 11. The summed E-state index contributed by atoms with van der Waals surface area (Å²) in [6.07, 6.45) is 0.651. The van der Waals surface area contributed by atoms with Crippen LogP contribution in [0.5, 0.6) is 5.75 Å². The molecule has 7 aliphatic rings. The second-order valence-electron chi connectivity index (χ2n) is 15.7. The van der Waals surface area contributed by atoms with E-state index >= 15 is 0 Å². The van der Waals surface area contributed by atoms with Crippen LogP contribution in [0.2, 0.25) is 0 Å². The van der Waals surface area contributed by atoms with Crippen molar-refractivity contribution in [1.82, 2.24) is 30.2 Å². The number of aromatic nitrogens is 2. The number of phenols is 1. The number of nitrogens with one attached hydrogen (secondary N) is 2. The SMILES string of the molecule is O=C1CCC(N2Cc3ccc(N4CC(CN5C[C@@H]6[C@H](C5)[C@H]6CN5CCN6c7cc(-c8ccccc8O)nnc7NC[C@H]6C5)C4)cc3C2=O)C(=O)N1. The van der Waals surface area contributed by atoms with Crippen LogP contribution in [0.3, 0.4) is 0 Å². The Bertz CT molecular complexity index is 1920. The van der Waals surface area contributed by atoms with Crippen LogP contribution in [0.15, 0.2) is 48.5 Å². The number of fused-ring (bicyclic) bond motifs is 5. The van der Waals surface area contributed by atoms with Gasteiger partial charge in [0.25, 0.3) is 5.91 Å². The van der Waals surface area contributed by atoms with Gasteiger partial charge in [-0.1, -0.05) is 18.2 Å². The molecule has 0 bridgehead atoms. The van der Waals surface area contributed by atoms with E-state index in [0.717, 1.165) is 86.3 Å². The molecule has 5 fully saturated rings. The Kier molecular flexibility index (Phi) is 7.25. The minimum absolute atomic E-state index is 0.110. The summed E-state index contributed by atoms with van der Waals surface area (Å²) in [4.78, 5) is 49.1. The minimum Gasteiger partial charge on any atom is -0.507 e. The van der Waals surface area contributed by atoms with Crippen molar-refractivity contribution in [3.8, 4) is 17.0 Å². The Morgan fingerprint density at radius 1 is 0.843 bits per heavy atom. The molecule has 1 aliphatic carbocycles. The number of hydrogen-bond donors (Lipinski definition) is 3. The smallest absolute Gasteiger partial charge is 0.255 e. The van der Waals surface area contributed by atoms with E-state index < -0.39 is 6.04 Å². The molecule has 1 saturated carbocycles. The maximum absolute atomic E-state index is 13.3. The third-order valence-electron chi connectivity index (χ3n) is 12.6. The van der Waals surface area contributed by atoms with E-state index in [9.17, 15) is 19.5 Å². The molecule has 2 aromatic carbocycles. The number of aromatic hydroxyl groups is 1. The van der Waals surface area contributed by atoms with Crippen LogP contribution in [-0.2, 0) is 16.1 Å². The number of piperazine rings is 1. The lowest BCUT2D eigenvalue weighted by atomic mass is 9.97. The summed E-state index contributed by atoms with van der Waals surface area (Å²) in [5.41, 5.74) is 5.19. The van der Waals surface area contributed by atoms with E-state index in [4.69, 9.17) is 0 Å². The number of para-hydroxylation sites is 1. The molecule has 3 N–H and O–H groups in total. The molecule has 10 rings (SSSR count). The number of benzene rings is 2. The van der Waals surface area contributed by atoms with Gasteiger partial charge >= 0.3 is 0 Å². The molecule has 264 valence electrons. The van der Waals surface area contributed by atoms with Gasteiger partial charge in [-0.3, -0.25) is 24.6 Å². The van der Waals surface area contributed by atoms with Crippen molar-refractivity contribution in [3.63, 3.8) is 0 Å². The van der Waals surface area contributed by atoms with E-state index in [1.165, 1.54) is 19.6 Å². The summed E-state index contributed by atoms with van der Waals surface area (Å²) in [5, 5.41) is 25.1. The first-order valence-electron chi connectivity index (χ1n) is 18.5. The molecule has 13 nitrogen and oxygen atoms in total. The van der Waals surface area contributed by atoms with Gasteiger partial charge in [0.15, 0.2) is 5.82 Å². The quantitative estimate of drug-likeness (QED) is 0.314. The monoisotopic (exact) mass is 689 g/mol. The Balaban J connectivity index is 0.688. The van der Waals surface area contributed by atoms with Gasteiger partial charge in [0.05, 0.1) is 17.4 Å². The number of carbonyl (C=O) groups is 3. The van der Waals surface area contributed by atoms with E-state index in [1.54, 1.807) is 11.0 Å². The summed E-state index contributed by atoms with van der Waals surface area (Å²) >= 11 is 0. The Morgan fingerprint density at radius 3 is 2.51 bits per heavy atom. The van der Waals surface area contributed by atoms with E-state index in [0.29, 0.717) is 41.7 Å². The van der Waals surface area contributed by atoms with Crippen molar-refractivity contribution in [2.45, 2.75) is 31.5 Å². The predicted octanol–water partition coefficient (Wildman–Crippen LogP) is 1.84. The van der Waals surface area contributed by atoms with E-state index in [-0.39, 0.29) is 29.9 Å². The number of imide groups is 1. The van der Waals surface area contributed by atoms with Gasteiger partial charge in [0, 0.05) is 101 Å². The van der Waals surface area contributed by atoms with Crippen LogP contribution >= 0.6 is 0 Å². The van der Waals surface area contributed by atoms with Crippen LogP contribution in [-0.4, -0.2) is 125 Å². The molecule has 1 unspecified atom stereocenters. The normalized spacial score (nSPS) is 28.8. The summed E-state index contributed by atoms with van der Waals surface area (Å²) in [7, 11) is 0. The minimum atomic E-state index is -0.578. The number of piperidine rings is 2. The maximum atomic E-state index is 13.3. The molecular weight excluding hydrogens is 646 g/mol. The molecular formula is C38H43N9O4. The third kappa shape index (κ3) is 5.40. The molecule has 7 heterocycles. The van der Waals surface area contributed by atoms with Crippen LogP contribution in [0.25, 0.3) is 11.3 Å². The number of carbonyl (C=O) groups excluding carboxylic acids is 3. The first kappa shape index (κ1) is 31.0. The lowest BCUT2D eigenvalue weighted by Gasteiger charge is -2.46. The number of phenolic OH excluding ortho intramolecular Hbond substituents is 1. The van der Waals surface area contributed by atoms with Crippen LogP contribution < -0.4 is 20.4 Å². The van der Waals surface area contributed by atoms with Crippen molar-refractivity contribution < 1.29 is 19.5 Å². The highest BCUT2D eigenvalue weighted by atomic mass is 16.3. The molecule has 4 saturated heterocycles. The van der Waals surface area contributed by atoms with Crippen LogP contribution in [0.4, 0.5) is 17.2 Å². The highest BCUT2D eigenvalue weighted by molar-refractivity contribution is 6.05. The molecule has 3 aromatic rings. The molecule has 6 aliphatic heterocycles. The number of amides is 3. The van der Waals surface area contributed by atoms with Gasteiger partial charge < -0.3 is 30.0 Å². The number of nitrogens with zero attached hydrogens (tertiary/aromatic N) is 7. The second-order valence-corrected chi connectivity index (χ2v) is 15.7. The van der Waals surface area contributed by atoms with Gasteiger partial charge in [0.1, 0.15) is 11.8 Å². The van der Waals surface area contributed by atoms with Gasteiger partial charge in [-0.2, -0.15) is 0 Å². The van der Waals surface area contributed by atoms with Crippen molar-refractivity contribution in [2.24, 2.45) is 23.7 Å². The first-order chi connectivity index (χ1) is 24.9. The zero-order valence-electron chi connectivity index (χ0n) is 28.6. The average molecular weight is 690 g/mol. The summed E-state index contributed by atoms with van der Waals surface area (Å²) < 4.78 is 0. The highest BCUT2D eigenvalue weighted by Crippen LogP contribution is 2.52. The van der Waals surface area contributed by atoms with Crippen LogP contribution in [0, 0.1) is 23.7 Å². The fourth-order valence-corrected chi connectivity index (χ4v) is 9.80. The van der Waals surface area contributed by atoms with Gasteiger partial charge in [-0.15, -0.1) is 10.2 Å². The van der Waals surface area contributed by atoms with Crippen molar-refractivity contribution in [3.05, 3.63) is 59.7 Å². The van der Waals surface area contributed by atoms with Crippen molar-refractivity contribution >= 4 is 34.9 Å². The van der Waals surface area contributed by atoms with Gasteiger partial charge in [-0.25, -0.2) is 0 Å². The highest BCUT2D eigenvalue weighted by Gasteiger charge is 2.56. The fraction of sp³-hybridized carbons (Fsp3) is 0.500. The van der Waals surface area contributed by atoms with E-state index in [2.05, 4.69) is 52.6 Å². The van der Waals surface area contributed by atoms with Gasteiger partial charge in [0.2, 0.25) is 11.8 Å². The number of rotatable bonds is 7. The number of anilines is 3. The fourth-order valence-electron chi connectivity index (χ4n) is 9.80. The predicted molar refractivity (Wildman–Crippen MR) is 190 cm³/mol. The zero-order chi connectivity index (χ0) is 34.4. The molecule has 13 heteroatoms. The molecule has 0 radical (unpaired) electrons. The summed E-state index contributed by atoms with van der Waals surface area (Å²) in [6.45, 7) is 11.1. The van der Waals surface area contributed by atoms with E-state index in [1.807, 2.05) is 30.3 Å². The molecule has 3 amide bonds. The molecule has 5 atom stereocenters. The Morgan fingerprint density at radius 2 is 1.69 bits per heavy atom. The first-order valence-corrected chi connectivity index (χ1v) is 18.5. The topological polar surface area (TPSA) is 137 Å². The maximum Gasteiger partial charge on any atom is 0.255 e. The number of likely N-dealkylation sites (tertiary alicyclic amines) is 1. The Labute approximate surface area is 296 Å². The summed E-state index contributed by atoms with van der Waals surface area (Å²) in [5.74, 6) is 3.37. The molecule has 51 heavy (non-hydrogen) atoms. The standard InChI is InChI=1S/C38H43N9O4/c48-34-4-2-1-3-26(34)31-12-33-36(42-41-31)39-13-25-18-43(9-10-46(25)33)19-28-29-20-44(21-30(28)29)14-22-15-45(16-22)24-6-5-23-17-47(38(51)27(23)11-24)32-7-8-35(49)40-37(32)50/h1-6,11-12,22,25,28-30,32,48H,7-10,13-21H2,(H,39,42)(H,40,49,50)/t25-,28-,29-,30+,32?/m0/s1. The summed E-state index contributed by atoms with van der Waals surface area (Å²) in [6, 6.07) is 15.3. The van der Waals surface area contributed by atoms with Crippen LogP contribution in [0.1, 0.15) is 28.8 Å². The largest absolute Gasteiger partial charge is 0.507 e. The lowest BCUT2D eigenvalue weighted by Crippen LogP contribution is -2.58. The molecule has 0 spiro atoms. The van der Waals surface area contributed by atoms with Crippen molar-refractivity contribution in [2.75, 3.05) is 80.6 Å². The van der Waals surface area contributed by atoms with Gasteiger partial charge in [-0.05, 0) is 60.1 Å². The lowest BCUT2D eigenvalue weighted by molar-refractivity contribution is -0.136. The second kappa shape index (κ2) is 11.9. The molecule has 1 aromatic heterocycles.